The van der Waals surface area contributed by atoms with E-state index in [9.17, 15) is 0 Å². The van der Waals surface area contributed by atoms with E-state index >= 15 is 0 Å². The predicted molar refractivity (Wildman–Crippen MR) is 94.0 cm³/mol. The Labute approximate surface area is 141 Å². The van der Waals surface area contributed by atoms with Crippen LogP contribution in [0, 0.1) is 12.8 Å². The van der Waals surface area contributed by atoms with E-state index in [0.29, 0.717) is 5.95 Å². The number of ether oxygens (including phenoxy) is 1. The van der Waals surface area contributed by atoms with E-state index < -0.39 is 0 Å². The van der Waals surface area contributed by atoms with Crippen molar-refractivity contribution in [3.8, 4) is 11.4 Å². The minimum atomic E-state index is 0.567. The summed E-state index contributed by atoms with van der Waals surface area (Å²) in [6.07, 6.45) is 4.29. The van der Waals surface area contributed by atoms with E-state index in [1.54, 1.807) is 11.0 Å². The lowest BCUT2D eigenvalue weighted by atomic mass is 10.2. The molecule has 1 aliphatic rings. The van der Waals surface area contributed by atoms with Crippen LogP contribution in [0.2, 0.25) is 0 Å². The van der Waals surface area contributed by atoms with Crippen LogP contribution < -0.4 is 10.1 Å². The summed E-state index contributed by atoms with van der Waals surface area (Å²) in [7, 11) is 0. The number of aryl methyl sites for hydroxylation is 1. The van der Waals surface area contributed by atoms with Gasteiger partial charge in [0.2, 0.25) is 5.95 Å². The maximum absolute atomic E-state index is 5.88. The van der Waals surface area contributed by atoms with Crippen molar-refractivity contribution in [2.75, 3.05) is 11.9 Å². The van der Waals surface area contributed by atoms with Crippen molar-refractivity contribution in [1.29, 1.82) is 0 Å². The Balaban J connectivity index is 1.49. The number of para-hydroxylation sites is 1. The highest BCUT2D eigenvalue weighted by atomic mass is 16.5. The zero-order chi connectivity index (χ0) is 16.4. The van der Waals surface area contributed by atoms with Crippen molar-refractivity contribution in [2.45, 2.75) is 19.8 Å². The Hall–Kier alpha value is -2.82. The minimum Gasteiger partial charge on any atom is -0.493 e. The molecule has 1 fully saturated rings. The Morgan fingerprint density at radius 1 is 1.17 bits per heavy atom. The van der Waals surface area contributed by atoms with Crippen LogP contribution in [0.3, 0.4) is 0 Å². The lowest BCUT2D eigenvalue weighted by Crippen LogP contribution is -2.01. The first-order valence-electron chi connectivity index (χ1n) is 8.25. The van der Waals surface area contributed by atoms with Crippen LogP contribution in [0.4, 0.5) is 11.6 Å². The molecular weight excluding hydrogens is 300 g/mol. The zero-order valence-corrected chi connectivity index (χ0v) is 13.6. The van der Waals surface area contributed by atoms with Crippen LogP contribution in [0.15, 0.2) is 54.9 Å². The Bertz CT molecular complexity index is 824. The topological polar surface area (TPSA) is 52.0 Å². The molecular formula is C19H20N4O. The summed E-state index contributed by atoms with van der Waals surface area (Å²) in [5.74, 6) is 2.20. The molecule has 0 aliphatic heterocycles. The summed E-state index contributed by atoms with van der Waals surface area (Å²) in [6, 6.07) is 16.1. The summed E-state index contributed by atoms with van der Waals surface area (Å²) in [5, 5.41) is 7.73. The molecule has 0 atom stereocenters. The number of benzene rings is 2. The molecule has 5 heteroatoms. The SMILES string of the molecule is Cc1cc(Nc2ncn(-c3ccccc3)n2)cc(OCC2CC2)c1. The number of aromatic nitrogens is 3. The van der Waals surface area contributed by atoms with Gasteiger partial charge in [0.15, 0.2) is 0 Å². The van der Waals surface area contributed by atoms with E-state index in [4.69, 9.17) is 4.74 Å². The monoisotopic (exact) mass is 320 g/mol. The standard InChI is InChI=1S/C19H20N4O/c1-14-9-16(11-18(10-14)24-12-15-7-8-15)21-19-20-13-23(22-19)17-5-3-2-4-6-17/h2-6,9-11,13,15H,7-8,12H2,1H3,(H,21,22). The van der Waals surface area contributed by atoms with Gasteiger partial charge in [-0.3, -0.25) is 0 Å². The van der Waals surface area contributed by atoms with Gasteiger partial charge in [0.1, 0.15) is 12.1 Å². The summed E-state index contributed by atoms with van der Waals surface area (Å²) >= 11 is 0. The maximum atomic E-state index is 5.88. The van der Waals surface area contributed by atoms with Gasteiger partial charge in [0, 0.05) is 11.8 Å². The van der Waals surface area contributed by atoms with Crippen LogP contribution in [-0.2, 0) is 0 Å². The van der Waals surface area contributed by atoms with Crippen molar-refractivity contribution in [3.63, 3.8) is 0 Å². The number of nitrogens with one attached hydrogen (secondary N) is 1. The maximum Gasteiger partial charge on any atom is 0.246 e. The number of hydrogen-bond acceptors (Lipinski definition) is 4. The van der Waals surface area contributed by atoms with Gasteiger partial charge in [-0.05, 0) is 55.5 Å². The molecule has 5 nitrogen and oxygen atoms in total. The van der Waals surface area contributed by atoms with E-state index in [0.717, 1.165) is 35.2 Å². The van der Waals surface area contributed by atoms with Crippen molar-refractivity contribution >= 4 is 11.6 Å². The van der Waals surface area contributed by atoms with Crippen LogP contribution >= 0.6 is 0 Å². The summed E-state index contributed by atoms with van der Waals surface area (Å²) in [4.78, 5) is 4.33. The lowest BCUT2D eigenvalue weighted by molar-refractivity contribution is 0.300. The Morgan fingerprint density at radius 2 is 2.00 bits per heavy atom. The van der Waals surface area contributed by atoms with Gasteiger partial charge in [0.25, 0.3) is 0 Å². The third kappa shape index (κ3) is 3.56. The molecule has 1 heterocycles. The van der Waals surface area contributed by atoms with Gasteiger partial charge in [-0.15, -0.1) is 5.10 Å². The molecule has 0 spiro atoms. The number of rotatable bonds is 6. The average Bonchev–Trinajstić information content (AvgIpc) is 3.31. The van der Waals surface area contributed by atoms with E-state index in [-0.39, 0.29) is 0 Å². The molecule has 0 amide bonds. The molecule has 1 aliphatic carbocycles. The summed E-state index contributed by atoms with van der Waals surface area (Å²) in [5.41, 5.74) is 3.07. The fraction of sp³-hybridized carbons (Fsp3) is 0.263. The number of hydrogen-bond donors (Lipinski definition) is 1. The molecule has 1 saturated carbocycles. The predicted octanol–water partition coefficient (Wildman–Crippen LogP) is 4.11. The average molecular weight is 320 g/mol. The van der Waals surface area contributed by atoms with Crippen molar-refractivity contribution in [3.05, 3.63) is 60.4 Å². The second-order valence-electron chi connectivity index (χ2n) is 6.26. The second kappa shape index (κ2) is 6.35. The molecule has 0 radical (unpaired) electrons. The molecule has 0 bridgehead atoms. The van der Waals surface area contributed by atoms with Gasteiger partial charge in [-0.1, -0.05) is 18.2 Å². The third-order valence-electron chi connectivity index (χ3n) is 4.00. The molecule has 122 valence electrons. The van der Waals surface area contributed by atoms with Crippen LogP contribution in [0.1, 0.15) is 18.4 Å². The van der Waals surface area contributed by atoms with Crippen LogP contribution in [0.25, 0.3) is 5.69 Å². The summed E-state index contributed by atoms with van der Waals surface area (Å²) < 4.78 is 7.63. The van der Waals surface area contributed by atoms with Gasteiger partial charge < -0.3 is 10.1 Å². The number of anilines is 2. The second-order valence-corrected chi connectivity index (χ2v) is 6.26. The fourth-order valence-electron chi connectivity index (χ4n) is 2.56. The molecule has 1 aromatic heterocycles. The highest BCUT2D eigenvalue weighted by Gasteiger charge is 2.22. The van der Waals surface area contributed by atoms with Crippen LogP contribution in [-0.4, -0.2) is 21.4 Å². The summed E-state index contributed by atoms with van der Waals surface area (Å²) in [6.45, 7) is 2.87. The first-order valence-corrected chi connectivity index (χ1v) is 8.25. The first-order chi connectivity index (χ1) is 11.8. The molecule has 0 unspecified atom stereocenters. The number of nitrogens with zero attached hydrogens (tertiary/aromatic N) is 3. The van der Waals surface area contributed by atoms with E-state index in [1.807, 2.05) is 36.4 Å². The van der Waals surface area contributed by atoms with Gasteiger partial charge in [0.05, 0.1) is 12.3 Å². The quantitative estimate of drug-likeness (QED) is 0.742. The molecule has 0 saturated heterocycles. The largest absolute Gasteiger partial charge is 0.493 e. The minimum absolute atomic E-state index is 0.567. The molecule has 24 heavy (non-hydrogen) atoms. The third-order valence-corrected chi connectivity index (χ3v) is 4.00. The van der Waals surface area contributed by atoms with Crippen molar-refractivity contribution in [2.24, 2.45) is 5.92 Å². The van der Waals surface area contributed by atoms with Crippen molar-refractivity contribution < 1.29 is 4.74 Å². The van der Waals surface area contributed by atoms with Gasteiger partial charge >= 0.3 is 0 Å². The lowest BCUT2D eigenvalue weighted by Gasteiger charge is -2.09. The Morgan fingerprint density at radius 3 is 2.79 bits per heavy atom. The van der Waals surface area contributed by atoms with Crippen molar-refractivity contribution in [1.82, 2.24) is 14.8 Å². The Kier molecular flexibility index (Phi) is 3.91. The highest BCUT2D eigenvalue weighted by Crippen LogP contribution is 2.30. The zero-order valence-electron chi connectivity index (χ0n) is 13.6. The smallest absolute Gasteiger partial charge is 0.246 e. The fourth-order valence-corrected chi connectivity index (χ4v) is 2.56. The molecule has 3 aromatic rings. The molecule has 4 rings (SSSR count). The normalized spacial score (nSPS) is 13.7. The molecule has 2 aromatic carbocycles. The van der Waals surface area contributed by atoms with Gasteiger partial charge in [-0.25, -0.2) is 4.68 Å². The molecule has 1 N–H and O–H groups in total. The highest BCUT2D eigenvalue weighted by molar-refractivity contribution is 5.57. The van der Waals surface area contributed by atoms with E-state index in [1.165, 1.54) is 12.8 Å². The van der Waals surface area contributed by atoms with E-state index in [2.05, 4.69) is 34.5 Å². The first kappa shape index (κ1) is 14.8. The van der Waals surface area contributed by atoms with Crippen LogP contribution in [0.5, 0.6) is 5.75 Å². The van der Waals surface area contributed by atoms with Gasteiger partial charge in [-0.2, -0.15) is 4.98 Å².